The first kappa shape index (κ1) is 18.3. The fourth-order valence-corrected chi connectivity index (χ4v) is 3.22. The highest BCUT2D eigenvalue weighted by Gasteiger charge is 2.33. The van der Waals surface area contributed by atoms with Gasteiger partial charge in [-0.1, -0.05) is 18.9 Å². The van der Waals surface area contributed by atoms with Gasteiger partial charge < -0.3 is 14.7 Å². The standard InChI is InChI=1S/C19H27NO4/c1-13(2)20(3)19(23)15-8-5-4-7-14(15)12-24-18-10-6-9-17(22)16(18)11-21/h6,9-11,13-15,22H,4-5,7-8,12H2,1-3H3. The van der Waals surface area contributed by atoms with Gasteiger partial charge in [0, 0.05) is 24.9 Å². The number of phenols is 1. The highest BCUT2D eigenvalue weighted by molar-refractivity contribution is 5.83. The van der Waals surface area contributed by atoms with Crippen LogP contribution in [0.4, 0.5) is 0 Å². The van der Waals surface area contributed by atoms with Crippen LogP contribution < -0.4 is 4.74 Å². The molecule has 1 N–H and O–H groups in total. The summed E-state index contributed by atoms with van der Waals surface area (Å²) in [6, 6.07) is 4.95. The van der Waals surface area contributed by atoms with Gasteiger partial charge in [-0.05, 0) is 38.8 Å². The van der Waals surface area contributed by atoms with Crippen molar-refractivity contribution in [1.29, 1.82) is 0 Å². The molecule has 5 nitrogen and oxygen atoms in total. The van der Waals surface area contributed by atoms with E-state index in [0.717, 1.165) is 25.7 Å². The summed E-state index contributed by atoms with van der Waals surface area (Å²) in [5.74, 6) is 0.555. The summed E-state index contributed by atoms with van der Waals surface area (Å²) in [5.41, 5.74) is 0.162. The summed E-state index contributed by atoms with van der Waals surface area (Å²) in [4.78, 5) is 25.6. The average Bonchev–Trinajstić information content (AvgIpc) is 2.58. The number of nitrogens with zero attached hydrogens (tertiary/aromatic N) is 1. The Morgan fingerprint density at radius 3 is 2.75 bits per heavy atom. The molecule has 1 aliphatic carbocycles. The predicted molar refractivity (Wildman–Crippen MR) is 92.3 cm³/mol. The lowest BCUT2D eigenvalue weighted by Crippen LogP contribution is -2.42. The Balaban J connectivity index is 2.08. The van der Waals surface area contributed by atoms with Gasteiger partial charge in [0.05, 0.1) is 12.2 Å². The van der Waals surface area contributed by atoms with Crippen LogP contribution in [0.5, 0.6) is 11.5 Å². The lowest BCUT2D eigenvalue weighted by molar-refractivity contribution is -0.139. The molecule has 2 rings (SSSR count). The van der Waals surface area contributed by atoms with Gasteiger partial charge in [-0.15, -0.1) is 0 Å². The number of carbonyl (C=O) groups excluding carboxylic acids is 2. The number of amides is 1. The minimum atomic E-state index is -0.0849. The summed E-state index contributed by atoms with van der Waals surface area (Å²) < 4.78 is 5.81. The molecule has 1 aliphatic rings. The molecular formula is C19H27NO4. The van der Waals surface area contributed by atoms with Gasteiger partial charge in [-0.25, -0.2) is 0 Å². The normalized spacial score (nSPS) is 20.7. The van der Waals surface area contributed by atoms with E-state index in [9.17, 15) is 14.7 Å². The van der Waals surface area contributed by atoms with Crippen LogP contribution in [-0.4, -0.2) is 41.9 Å². The van der Waals surface area contributed by atoms with Gasteiger partial charge in [-0.3, -0.25) is 9.59 Å². The van der Waals surface area contributed by atoms with Crippen molar-refractivity contribution >= 4 is 12.2 Å². The Morgan fingerprint density at radius 2 is 2.08 bits per heavy atom. The molecule has 1 aromatic carbocycles. The summed E-state index contributed by atoms with van der Waals surface area (Å²) >= 11 is 0. The molecule has 1 fully saturated rings. The van der Waals surface area contributed by atoms with Crippen molar-refractivity contribution in [3.05, 3.63) is 23.8 Å². The van der Waals surface area contributed by atoms with E-state index >= 15 is 0 Å². The number of benzene rings is 1. The molecule has 0 bridgehead atoms. The van der Waals surface area contributed by atoms with Crippen molar-refractivity contribution in [2.24, 2.45) is 11.8 Å². The predicted octanol–water partition coefficient (Wildman–Crippen LogP) is 3.26. The lowest BCUT2D eigenvalue weighted by Gasteiger charge is -2.34. The van der Waals surface area contributed by atoms with E-state index in [1.165, 1.54) is 6.07 Å². The molecule has 5 heteroatoms. The SMILES string of the molecule is CC(C)N(C)C(=O)C1CCCCC1COc1cccc(O)c1C=O. The maximum atomic E-state index is 12.7. The van der Waals surface area contributed by atoms with Crippen LogP contribution in [0.1, 0.15) is 49.9 Å². The second-order valence-corrected chi connectivity index (χ2v) is 6.81. The first-order valence-corrected chi connectivity index (χ1v) is 8.62. The molecule has 0 spiro atoms. The summed E-state index contributed by atoms with van der Waals surface area (Å²) in [7, 11) is 1.85. The lowest BCUT2D eigenvalue weighted by atomic mass is 9.78. The molecule has 0 aliphatic heterocycles. The number of rotatable bonds is 6. The number of carbonyl (C=O) groups is 2. The molecule has 24 heavy (non-hydrogen) atoms. The van der Waals surface area contributed by atoms with E-state index in [0.29, 0.717) is 18.6 Å². The molecule has 2 unspecified atom stereocenters. The molecule has 1 amide bonds. The van der Waals surface area contributed by atoms with Crippen molar-refractivity contribution in [1.82, 2.24) is 4.90 Å². The largest absolute Gasteiger partial charge is 0.507 e. The Morgan fingerprint density at radius 1 is 1.38 bits per heavy atom. The van der Waals surface area contributed by atoms with Crippen molar-refractivity contribution in [3.63, 3.8) is 0 Å². The molecule has 1 saturated carbocycles. The Kier molecular flexibility index (Phi) is 6.23. The highest BCUT2D eigenvalue weighted by atomic mass is 16.5. The van der Waals surface area contributed by atoms with Crippen molar-refractivity contribution in [3.8, 4) is 11.5 Å². The maximum Gasteiger partial charge on any atom is 0.226 e. The van der Waals surface area contributed by atoms with Crippen LogP contribution in [0, 0.1) is 11.8 Å². The van der Waals surface area contributed by atoms with Crippen molar-refractivity contribution in [2.45, 2.75) is 45.6 Å². The molecule has 132 valence electrons. The summed E-state index contributed by atoms with van der Waals surface area (Å²) in [5, 5.41) is 9.73. The van der Waals surface area contributed by atoms with E-state index in [1.807, 2.05) is 20.9 Å². The summed E-state index contributed by atoms with van der Waals surface area (Å²) in [6.07, 6.45) is 4.57. The first-order chi connectivity index (χ1) is 11.5. The minimum absolute atomic E-state index is 0.0388. The first-order valence-electron chi connectivity index (χ1n) is 8.62. The third-order valence-corrected chi connectivity index (χ3v) is 4.96. The molecule has 0 heterocycles. The topological polar surface area (TPSA) is 66.8 Å². The molecule has 1 aromatic rings. The number of hydrogen-bond donors (Lipinski definition) is 1. The highest BCUT2D eigenvalue weighted by Crippen LogP contribution is 2.33. The summed E-state index contributed by atoms with van der Waals surface area (Å²) in [6.45, 7) is 4.40. The van der Waals surface area contributed by atoms with E-state index in [4.69, 9.17) is 4.74 Å². The van der Waals surface area contributed by atoms with Crippen LogP contribution >= 0.6 is 0 Å². The minimum Gasteiger partial charge on any atom is -0.507 e. The van der Waals surface area contributed by atoms with Gasteiger partial charge in [0.25, 0.3) is 0 Å². The fourth-order valence-electron chi connectivity index (χ4n) is 3.22. The third kappa shape index (κ3) is 4.08. The van der Waals surface area contributed by atoms with Crippen LogP contribution in [0.2, 0.25) is 0 Å². The molecule has 0 aromatic heterocycles. The smallest absolute Gasteiger partial charge is 0.226 e. The zero-order chi connectivity index (χ0) is 17.7. The van der Waals surface area contributed by atoms with Crippen LogP contribution in [-0.2, 0) is 4.79 Å². The maximum absolute atomic E-state index is 12.7. The van der Waals surface area contributed by atoms with Gasteiger partial charge in [0.2, 0.25) is 5.91 Å². The Bertz CT molecular complexity index is 585. The van der Waals surface area contributed by atoms with Crippen LogP contribution in [0.15, 0.2) is 18.2 Å². The fraction of sp³-hybridized carbons (Fsp3) is 0.579. The number of hydrogen-bond acceptors (Lipinski definition) is 4. The second-order valence-electron chi connectivity index (χ2n) is 6.81. The van der Waals surface area contributed by atoms with E-state index in [1.54, 1.807) is 17.0 Å². The molecule has 0 radical (unpaired) electrons. The van der Waals surface area contributed by atoms with E-state index in [-0.39, 0.29) is 35.1 Å². The third-order valence-electron chi connectivity index (χ3n) is 4.96. The van der Waals surface area contributed by atoms with E-state index < -0.39 is 0 Å². The van der Waals surface area contributed by atoms with E-state index in [2.05, 4.69) is 0 Å². The van der Waals surface area contributed by atoms with Crippen molar-refractivity contribution in [2.75, 3.05) is 13.7 Å². The van der Waals surface area contributed by atoms with Crippen LogP contribution in [0.25, 0.3) is 0 Å². The number of aldehydes is 1. The zero-order valence-corrected chi connectivity index (χ0v) is 14.7. The molecule has 0 saturated heterocycles. The molecular weight excluding hydrogens is 306 g/mol. The number of ether oxygens (including phenoxy) is 1. The Labute approximate surface area is 143 Å². The monoisotopic (exact) mass is 333 g/mol. The zero-order valence-electron chi connectivity index (χ0n) is 14.7. The van der Waals surface area contributed by atoms with Gasteiger partial charge >= 0.3 is 0 Å². The quantitative estimate of drug-likeness (QED) is 0.812. The van der Waals surface area contributed by atoms with Gasteiger partial charge in [-0.2, -0.15) is 0 Å². The van der Waals surface area contributed by atoms with Crippen LogP contribution in [0.3, 0.4) is 0 Å². The van der Waals surface area contributed by atoms with Gasteiger partial charge in [0.1, 0.15) is 11.5 Å². The average molecular weight is 333 g/mol. The van der Waals surface area contributed by atoms with Gasteiger partial charge in [0.15, 0.2) is 6.29 Å². The molecule has 2 atom stereocenters. The number of aromatic hydroxyl groups is 1. The Hall–Kier alpha value is -2.04. The van der Waals surface area contributed by atoms with Crippen molar-refractivity contribution < 1.29 is 19.4 Å². The number of phenolic OH excluding ortho intramolecular Hbond substituents is 1. The second kappa shape index (κ2) is 8.18.